The predicted molar refractivity (Wildman–Crippen MR) is 98.9 cm³/mol. The summed E-state index contributed by atoms with van der Waals surface area (Å²) < 4.78 is 32.9. The molecule has 0 bridgehead atoms. The molecule has 2 aromatic carbocycles. The Morgan fingerprint density at radius 3 is 2.42 bits per heavy atom. The Morgan fingerprint density at radius 2 is 1.81 bits per heavy atom. The van der Waals surface area contributed by atoms with Gasteiger partial charge in [0.2, 0.25) is 21.7 Å². The molecule has 0 unspecified atom stereocenters. The molecule has 0 spiro atoms. The minimum absolute atomic E-state index is 0.259. The van der Waals surface area contributed by atoms with Crippen LogP contribution in [0.5, 0.6) is 0 Å². The number of hydrogen-bond donors (Lipinski definition) is 0. The number of hydrogen-bond acceptors (Lipinski definition) is 5. The lowest BCUT2D eigenvalue weighted by molar-refractivity contribution is 0.394. The highest BCUT2D eigenvalue weighted by atomic mass is 32.2. The van der Waals surface area contributed by atoms with Gasteiger partial charge in [-0.3, -0.25) is 0 Å². The van der Waals surface area contributed by atoms with Crippen molar-refractivity contribution in [1.29, 1.82) is 0 Å². The van der Waals surface area contributed by atoms with E-state index in [0.717, 1.165) is 5.56 Å². The summed E-state index contributed by atoms with van der Waals surface area (Å²) >= 11 is 0. The molecule has 0 atom stereocenters. The molecule has 7 heteroatoms. The lowest BCUT2D eigenvalue weighted by Gasteiger charge is -2.22. The lowest BCUT2D eigenvalue weighted by atomic mass is 10.1. The second kappa shape index (κ2) is 7.39. The van der Waals surface area contributed by atoms with Crippen LogP contribution < -0.4 is 0 Å². The van der Waals surface area contributed by atoms with E-state index in [9.17, 15) is 8.42 Å². The SMILES string of the molecule is CCN(Cc1ccccc1)S(=O)(=O)c1cc(-c2noc(C)n2)ccc1C. The first-order valence-electron chi connectivity index (χ1n) is 8.37. The molecular weight excluding hydrogens is 350 g/mol. The van der Waals surface area contributed by atoms with Gasteiger partial charge in [-0.2, -0.15) is 9.29 Å². The summed E-state index contributed by atoms with van der Waals surface area (Å²) in [6.07, 6.45) is 0. The number of nitrogens with zero attached hydrogens (tertiary/aromatic N) is 3. The normalized spacial score (nSPS) is 11.8. The van der Waals surface area contributed by atoms with Gasteiger partial charge in [0.15, 0.2) is 0 Å². The highest BCUT2D eigenvalue weighted by Crippen LogP contribution is 2.26. The maximum atomic E-state index is 13.2. The molecule has 0 aliphatic rings. The van der Waals surface area contributed by atoms with Crippen LogP contribution >= 0.6 is 0 Å². The van der Waals surface area contributed by atoms with E-state index in [1.165, 1.54) is 4.31 Å². The summed E-state index contributed by atoms with van der Waals surface area (Å²) in [5.74, 6) is 0.814. The van der Waals surface area contributed by atoms with Crippen molar-refractivity contribution in [3.63, 3.8) is 0 Å². The molecule has 0 saturated carbocycles. The van der Waals surface area contributed by atoms with Gasteiger partial charge < -0.3 is 4.52 Å². The van der Waals surface area contributed by atoms with Crippen molar-refractivity contribution in [2.45, 2.75) is 32.2 Å². The fourth-order valence-corrected chi connectivity index (χ4v) is 4.41. The molecule has 0 N–H and O–H groups in total. The first kappa shape index (κ1) is 18.3. The van der Waals surface area contributed by atoms with E-state index >= 15 is 0 Å². The van der Waals surface area contributed by atoms with Gasteiger partial charge in [-0.05, 0) is 24.1 Å². The van der Waals surface area contributed by atoms with E-state index in [2.05, 4.69) is 10.1 Å². The van der Waals surface area contributed by atoms with E-state index in [0.29, 0.717) is 35.9 Å². The minimum atomic E-state index is -3.66. The van der Waals surface area contributed by atoms with Crippen LogP contribution in [0.4, 0.5) is 0 Å². The van der Waals surface area contributed by atoms with Gasteiger partial charge >= 0.3 is 0 Å². The van der Waals surface area contributed by atoms with E-state index in [1.54, 1.807) is 32.0 Å². The zero-order valence-electron chi connectivity index (χ0n) is 15.0. The predicted octanol–water partition coefficient (Wildman–Crippen LogP) is 3.56. The standard InChI is InChI=1S/C19H21N3O3S/c1-4-22(13-16-8-6-5-7-9-16)26(23,24)18-12-17(11-10-14(18)2)19-20-15(3)25-21-19/h5-12H,4,13H2,1-3H3. The van der Waals surface area contributed by atoms with Crippen molar-refractivity contribution in [2.75, 3.05) is 6.54 Å². The number of aryl methyl sites for hydroxylation is 2. The molecule has 3 rings (SSSR count). The maximum absolute atomic E-state index is 13.2. The average molecular weight is 371 g/mol. The van der Waals surface area contributed by atoms with Crippen LogP contribution in [0.3, 0.4) is 0 Å². The van der Waals surface area contributed by atoms with E-state index in [1.807, 2.05) is 37.3 Å². The van der Waals surface area contributed by atoms with Gasteiger partial charge in [0.05, 0.1) is 4.90 Å². The van der Waals surface area contributed by atoms with E-state index in [4.69, 9.17) is 4.52 Å². The third-order valence-corrected chi connectivity index (χ3v) is 6.21. The first-order chi connectivity index (χ1) is 12.4. The molecule has 0 aliphatic carbocycles. The molecule has 6 nitrogen and oxygen atoms in total. The second-order valence-corrected chi connectivity index (χ2v) is 7.94. The Bertz CT molecular complexity index is 998. The van der Waals surface area contributed by atoms with E-state index in [-0.39, 0.29) is 4.90 Å². The first-order valence-corrected chi connectivity index (χ1v) is 9.81. The fourth-order valence-electron chi connectivity index (χ4n) is 2.73. The number of sulfonamides is 1. The number of benzene rings is 2. The van der Waals surface area contributed by atoms with Crippen LogP contribution in [0.2, 0.25) is 0 Å². The molecule has 0 aliphatic heterocycles. The van der Waals surface area contributed by atoms with Crippen molar-refractivity contribution in [1.82, 2.24) is 14.4 Å². The van der Waals surface area contributed by atoms with Crippen LogP contribution in [-0.2, 0) is 16.6 Å². The topological polar surface area (TPSA) is 76.3 Å². The van der Waals surface area contributed by atoms with Gasteiger partial charge in [0.25, 0.3) is 0 Å². The largest absolute Gasteiger partial charge is 0.339 e. The minimum Gasteiger partial charge on any atom is -0.339 e. The quantitative estimate of drug-likeness (QED) is 0.662. The second-order valence-electron chi connectivity index (χ2n) is 6.03. The van der Waals surface area contributed by atoms with Crippen LogP contribution in [0.15, 0.2) is 57.9 Å². The average Bonchev–Trinajstić information content (AvgIpc) is 3.07. The van der Waals surface area contributed by atoms with Crippen molar-refractivity contribution in [3.05, 3.63) is 65.5 Å². The van der Waals surface area contributed by atoms with Crippen molar-refractivity contribution >= 4 is 10.0 Å². The summed E-state index contributed by atoms with van der Waals surface area (Å²) in [6.45, 7) is 6.02. The Morgan fingerprint density at radius 1 is 1.08 bits per heavy atom. The maximum Gasteiger partial charge on any atom is 0.243 e. The molecule has 0 saturated heterocycles. The number of rotatable bonds is 6. The number of aromatic nitrogens is 2. The van der Waals surface area contributed by atoms with Crippen LogP contribution in [0, 0.1) is 13.8 Å². The Labute approximate surface area is 153 Å². The molecule has 3 aromatic rings. The highest BCUT2D eigenvalue weighted by Gasteiger charge is 2.26. The summed E-state index contributed by atoms with van der Waals surface area (Å²) in [4.78, 5) is 4.44. The molecule has 136 valence electrons. The van der Waals surface area contributed by atoms with Gasteiger partial charge in [0, 0.05) is 25.6 Å². The van der Waals surface area contributed by atoms with Crippen LogP contribution in [0.25, 0.3) is 11.4 Å². The lowest BCUT2D eigenvalue weighted by Crippen LogP contribution is -2.31. The third-order valence-electron chi connectivity index (χ3n) is 4.15. The summed E-state index contributed by atoms with van der Waals surface area (Å²) in [5, 5.41) is 3.88. The summed E-state index contributed by atoms with van der Waals surface area (Å²) in [5.41, 5.74) is 2.24. The van der Waals surface area contributed by atoms with Crippen LogP contribution in [0.1, 0.15) is 23.9 Å². The zero-order valence-corrected chi connectivity index (χ0v) is 15.8. The molecule has 0 radical (unpaired) electrons. The van der Waals surface area contributed by atoms with Gasteiger partial charge in [0.1, 0.15) is 0 Å². The molecule has 0 fully saturated rings. The molecule has 1 heterocycles. The molecule has 26 heavy (non-hydrogen) atoms. The van der Waals surface area contributed by atoms with Gasteiger partial charge in [-0.15, -0.1) is 0 Å². The molecule has 0 amide bonds. The smallest absolute Gasteiger partial charge is 0.243 e. The van der Waals surface area contributed by atoms with Crippen LogP contribution in [-0.4, -0.2) is 29.4 Å². The fraction of sp³-hybridized carbons (Fsp3) is 0.263. The van der Waals surface area contributed by atoms with E-state index < -0.39 is 10.0 Å². The Balaban J connectivity index is 1.99. The van der Waals surface area contributed by atoms with Gasteiger partial charge in [-0.1, -0.05) is 54.5 Å². The third kappa shape index (κ3) is 3.68. The van der Waals surface area contributed by atoms with Crippen molar-refractivity contribution in [2.24, 2.45) is 0 Å². The summed E-state index contributed by atoms with van der Waals surface area (Å²) in [7, 11) is -3.66. The Kier molecular flexibility index (Phi) is 5.20. The highest BCUT2D eigenvalue weighted by molar-refractivity contribution is 7.89. The summed E-state index contributed by atoms with van der Waals surface area (Å²) in [6, 6.07) is 14.7. The van der Waals surface area contributed by atoms with Gasteiger partial charge in [-0.25, -0.2) is 8.42 Å². The Hall–Kier alpha value is -2.51. The monoisotopic (exact) mass is 371 g/mol. The zero-order chi connectivity index (χ0) is 18.7. The molecular formula is C19H21N3O3S. The van der Waals surface area contributed by atoms with Crippen molar-refractivity contribution < 1.29 is 12.9 Å². The molecule has 1 aromatic heterocycles. The van der Waals surface area contributed by atoms with Crippen molar-refractivity contribution in [3.8, 4) is 11.4 Å².